The van der Waals surface area contributed by atoms with Crippen molar-refractivity contribution in [2.24, 2.45) is 0 Å². The first-order chi connectivity index (χ1) is 10.1. The van der Waals surface area contributed by atoms with E-state index in [0.29, 0.717) is 5.92 Å². The van der Waals surface area contributed by atoms with Crippen LogP contribution >= 0.6 is 0 Å². The highest BCUT2D eigenvalue weighted by Crippen LogP contribution is 2.20. The lowest BCUT2D eigenvalue weighted by atomic mass is 9.99. The van der Waals surface area contributed by atoms with Gasteiger partial charge < -0.3 is 15.4 Å². The summed E-state index contributed by atoms with van der Waals surface area (Å²) in [6.45, 7) is 7.17. The summed E-state index contributed by atoms with van der Waals surface area (Å²) in [7, 11) is 0. The fraction of sp³-hybridized carbons (Fsp3) is 0.588. The lowest BCUT2D eigenvalue weighted by Gasteiger charge is -2.20. The van der Waals surface area contributed by atoms with Crippen molar-refractivity contribution in [3.8, 4) is 0 Å². The molecule has 1 aliphatic heterocycles. The summed E-state index contributed by atoms with van der Waals surface area (Å²) in [5.74, 6) is 0.549. The largest absolute Gasteiger partial charge is 0.376 e. The zero-order chi connectivity index (χ0) is 15.2. The maximum Gasteiger partial charge on any atom is 0.319 e. The van der Waals surface area contributed by atoms with E-state index in [0.717, 1.165) is 31.6 Å². The van der Waals surface area contributed by atoms with Crippen LogP contribution in [-0.2, 0) is 4.74 Å². The highest BCUT2D eigenvalue weighted by Gasteiger charge is 2.23. The molecular weight excluding hydrogens is 264 g/mol. The molecule has 1 heterocycles. The van der Waals surface area contributed by atoms with E-state index in [2.05, 4.69) is 36.6 Å². The Kier molecular flexibility index (Phi) is 5.62. The summed E-state index contributed by atoms with van der Waals surface area (Å²) < 4.78 is 5.58. The molecule has 3 atom stereocenters. The van der Waals surface area contributed by atoms with Gasteiger partial charge in [0.05, 0.1) is 12.1 Å². The summed E-state index contributed by atoms with van der Waals surface area (Å²) in [6, 6.07) is 7.93. The molecule has 0 aromatic heterocycles. The molecule has 0 bridgehead atoms. The lowest BCUT2D eigenvalue weighted by molar-refractivity contribution is 0.0868. The highest BCUT2D eigenvalue weighted by atomic mass is 16.5. The minimum absolute atomic E-state index is 0.0342. The van der Waals surface area contributed by atoms with Crippen molar-refractivity contribution in [2.75, 3.05) is 11.9 Å². The third-order valence-electron chi connectivity index (χ3n) is 4.23. The molecule has 4 nitrogen and oxygen atoms in total. The smallest absolute Gasteiger partial charge is 0.319 e. The Hall–Kier alpha value is -1.55. The average molecular weight is 290 g/mol. The van der Waals surface area contributed by atoms with E-state index < -0.39 is 0 Å². The summed E-state index contributed by atoms with van der Waals surface area (Å²) in [4.78, 5) is 12.0. The number of nitrogens with one attached hydrogen (secondary N) is 2. The molecule has 21 heavy (non-hydrogen) atoms. The van der Waals surface area contributed by atoms with E-state index in [1.54, 1.807) is 0 Å². The van der Waals surface area contributed by atoms with Crippen LogP contribution in [0.2, 0.25) is 0 Å². The van der Waals surface area contributed by atoms with Crippen LogP contribution < -0.4 is 10.6 Å². The molecule has 1 saturated heterocycles. The van der Waals surface area contributed by atoms with Crippen LogP contribution in [-0.4, -0.2) is 24.8 Å². The standard InChI is InChI=1S/C17H26N2O2/c1-4-12(2)14-7-9-15(10-8-14)19-17(20)18-13(3)16-6-5-11-21-16/h7-10,12-13,16H,4-6,11H2,1-3H3,(H2,18,19,20)/t12-,13+,16+/m0/s1. The SMILES string of the molecule is CC[C@H](C)c1ccc(NC(=O)N[C@H](C)[C@H]2CCCO2)cc1. The van der Waals surface area contributed by atoms with Crippen molar-refractivity contribution in [1.29, 1.82) is 0 Å². The average Bonchev–Trinajstić information content (AvgIpc) is 3.01. The topological polar surface area (TPSA) is 50.4 Å². The third-order valence-corrected chi connectivity index (χ3v) is 4.23. The first-order valence-corrected chi connectivity index (χ1v) is 7.89. The van der Waals surface area contributed by atoms with Gasteiger partial charge in [-0.05, 0) is 49.8 Å². The predicted octanol–water partition coefficient (Wildman–Crippen LogP) is 3.89. The van der Waals surface area contributed by atoms with Gasteiger partial charge in [0.2, 0.25) is 0 Å². The number of anilines is 1. The van der Waals surface area contributed by atoms with E-state index in [-0.39, 0.29) is 18.2 Å². The Balaban J connectivity index is 1.84. The molecule has 2 N–H and O–H groups in total. The number of carbonyl (C=O) groups is 1. The number of benzene rings is 1. The number of amides is 2. The van der Waals surface area contributed by atoms with Gasteiger partial charge >= 0.3 is 6.03 Å². The van der Waals surface area contributed by atoms with Gasteiger partial charge in [0.25, 0.3) is 0 Å². The fourth-order valence-electron chi connectivity index (χ4n) is 2.59. The van der Waals surface area contributed by atoms with Gasteiger partial charge in [-0.2, -0.15) is 0 Å². The second-order valence-corrected chi connectivity index (χ2v) is 5.87. The molecule has 4 heteroatoms. The molecule has 1 aromatic carbocycles. The quantitative estimate of drug-likeness (QED) is 0.864. The van der Waals surface area contributed by atoms with Crippen molar-refractivity contribution >= 4 is 11.7 Å². The molecule has 1 aromatic rings. The van der Waals surface area contributed by atoms with Crippen LogP contribution in [0, 0.1) is 0 Å². The number of rotatable bonds is 5. The second kappa shape index (κ2) is 7.46. The van der Waals surface area contributed by atoms with Crippen molar-refractivity contribution in [3.05, 3.63) is 29.8 Å². The van der Waals surface area contributed by atoms with E-state index >= 15 is 0 Å². The minimum atomic E-state index is -0.172. The number of ether oxygens (including phenoxy) is 1. The Labute approximate surface area is 127 Å². The van der Waals surface area contributed by atoms with Gasteiger partial charge in [0.15, 0.2) is 0 Å². The summed E-state index contributed by atoms with van der Waals surface area (Å²) in [5, 5.41) is 5.82. The van der Waals surface area contributed by atoms with Crippen LogP contribution in [0.4, 0.5) is 10.5 Å². The van der Waals surface area contributed by atoms with Crippen molar-refractivity contribution in [1.82, 2.24) is 5.32 Å². The molecule has 1 fully saturated rings. The van der Waals surface area contributed by atoms with Crippen molar-refractivity contribution in [2.45, 2.75) is 58.1 Å². The summed E-state index contributed by atoms with van der Waals surface area (Å²) in [5.41, 5.74) is 2.12. The van der Waals surface area contributed by atoms with Gasteiger partial charge in [-0.1, -0.05) is 26.0 Å². The number of carbonyl (C=O) groups excluding carboxylic acids is 1. The molecule has 2 rings (SSSR count). The van der Waals surface area contributed by atoms with Gasteiger partial charge in [-0.25, -0.2) is 4.79 Å². The Morgan fingerprint density at radius 3 is 2.62 bits per heavy atom. The maximum atomic E-state index is 12.0. The van der Waals surface area contributed by atoms with Crippen LogP contribution in [0.5, 0.6) is 0 Å². The first kappa shape index (κ1) is 15.8. The molecule has 0 unspecified atom stereocenters. The molecule has 116 valence electrons. The highest BCUT2D eigenvalue weighted by molar-refractivity contribution is 5.89. The third kappa shape index (κ3) is 4.46. The lowest BCUT2D eigenvalue weighted by Crippen LogP contribution is -2.42. The molecular formula is C17H26N2O2. The summed E-state index contributed by atoms with van der Waals surface area (Å²) >= 11 is 0. The monoisotopic (exact) mass is 290 g/mol. The maximum absolute atomic E-state index is 12.0. The minimum Gasteiger partial charge on any atom is -0.376 e. The normalized spacial score (nSPS) is 20.8. The number of hydrogen-bond donors (Lipinski definition) is 2. The van der Waals surface area contributed by atoms with E-state index in [4.69, 9.17) is 4.74 Å². The number of urea groups is 1. The van der Waals surface area contributed by atoms with Gasteiger partial charge in [0.1, 0.15) is 0 Å². The zero-order valence-electron chi connectivity index (χ0n) is 13.2. The van der Waals surface area contributed by atoms with Gasteiger partial charge in [0, 0.05) is 12.3 Å². The molecule has 0 saturated carbocycles. The van der Waals surface area contributed by atoms with E-state index in [1.807, 2.05) is 19.1 Å². The number of hydrogen-bond acceptors (Lipinski definition) is 2. The van der Waals surface area contributed by atoms with E-state index in [1.165, 1.54) is 5.56 Å². The first-order valence-electron chi connectivity index (χ1n) is 7.89. The fourth-order valence-corrected chi connectivity index (χ4v) is 2.59. The van der Waals surface area contributed by atoms with Crippen molar-refractivity contribution < 1.29 is 9.53 Å². The Bertz CT molecular complexity index is 452. The molecule has 1 aliphatic rings. The van der Waals surface area contributed by atoms with Crippen LogP contribution in [0.1, 0.15) is 51.5 Å². The van der Waals surface area contributed by atoms with Crippen LogP contribution in [0.15, 0.2) is 24.3 Å². The molecule has 2 amide bonds. The van der Waals surface area contributed by atoms with Crippen LogP contribution in [0.25, 0.3) is 0 Å². The van der Waals surface area contributed by atoms with Crippen LogP contribution in [0.3, 0.4) is 0 Å². The molecule has 0 radical (unpaired) electrons. The Morgan fingerprint density at radius 1 is 1.33 bits per heavy atom. The van der Waals surface area contributed by atoms with E-state index in [9.17, 15) is 4.79 Å². The van der Waals surface area contributed by atoms with Gasteiger partial charge in [-0.15, -0.1) is 0 Å². The second-order valence-electron chi connectivity index (χ2n) is 5.87. The van der Waals surface area contributed by atoms with Crippen molar-refractivity contribution in [3.63, 3.8) is 0 Å². The predicted molar refractivity (Wildman–Crippen MR) is 85.7 cm³/mol. The molecule has 0 spiro atoms. The van der Waals surface area contributed by atoms with Gasteiger partial charge in [-0.3, -0.25) is 0 Å². The molecule has 0 aliphatic carbocycles. The zero-order valence-corrected chi connectivity index (χ0v) is 13.2. The summed E-state index contributed by atoms with van der Waals surface area (Å²) in [6.07, 6.45) is 3.36. The Morgan fingerprint density at radius 2 is 2.05 bits per heavy atom.